The molecule has 168 valence electrons. The third kappa shape index (κ3) is 4.16. The number of ketones is 1. The van der Waals surface area contributed by atoms with Gasteiger partial charge in [0.2, 0.25) is 0 Å². The minimum absolute atomic E-state index is 0.0591. The molecule has 4 rings (SSSR count). The molecule has 1 atom stereocenters. The van der Waals surface area contributed by atoms with E-state index < -0.39 is 11.2 Å². The number of aromatic nitrogens is 4. The van der Waals surface area contributed by atoms with Crippen molar-refractivity contribution in [1.82, 2.24) is 24.0 Å². The van der Waals surface area contributed by atoms with Gasteiger partial charge < -0.3 is 10.1 Å². The quantitative estimate of drug-likeness (QED) is 0.444. The number of nitrogens with one attached hydrogen (secondary N) is 1. The van der Waals surface area contributed by atoms with Crippen LogP contribution in [0.1, 0.15) is 30.6 Å². The topological polar surface area (TPSA) is 100 Å². The molecule has 1 N–H and O–H groups in total. The molecule has 0 spiro atoms. The molecule has 0 radical (unpaired) electrons. The van der Waals surface area contributed by atoms with Gasteiger partial charge in [-0.3, -0.25) is 23.3 Å². The van der Waals surface area contributed by atoms with Crippen molar-refractivity contribution in [2.75, 3.05) is 13.1 Å². The number of allylic oxidation sites excluding steroid dienone is 2. The van der Waals surface area contributed by atoms with Crippen LogP contribution in [0.5, 0.6) is 6.01 Å². The summed E-state index contributed by atoms with van der Waals surface area (Å²) in [5.74, 6) is -0.312. The molecule has 1 aliphatic rings. The number of fused-ring (bicyclic) bond motifs is 1. The predicted octanol–water partition coefficient (Wildman–Crippen LogP) is 1.49. The molecule has 3 heterocycles. The van der Waals surface area contributed by atoms with Gasteiger partial charge in [-0.1, -0.05) is 42.0 Å². The molecule has 1 saturated heterocycles. The Hall–Kier alpha value is -3.46. The highest BCUT2D eigenvalue weighted by atomic mass is 16.5. The Labute approximate surface area is 185 Å². The number of rotatable bonds is 7. The minimum Gasteiger partial charge on any atom is -0.460 e. The van der Waals surface area contributed by atoms with E-state index in [2.05, 4.69) is 10.3 Å². The van der Waals surface area contributed by atoms with Gasteiger partial charge in [0.05, 0.1) is 6.54 Å². The largest absolute Gasteiger partial charge is 0.460 e. The van der Waals surface area contributed by atoms with Gasteiger partial charge >= 0.3 is 5.69 Å². The third-order valence-electron chi connectivity index (χ3n) is 5.56. The number of aryl methyl sites for hydroxylation is 1. The molecule has 1 fully saturated rings. The maximum absolute atomic E-state index is 13.4. The van der Waals surface area contributed by atoms with Gasteiger partial charge in [0.15, 0.2) is 16.9 Å². The normalized spacial score (nSPS) is 15.8. The number of hydrogen-bond donors (Lipinski definition) is 1. The van der Waals surface area contributed by atoms with Crippen molar-refractivity contribution in [2.45, 2.75) is 39.5 Å². The molecule has 1 unspecified atom stereocenters. The highest BCUT2D eigenvalue weighted by Gasteiger charge is 2.25. The molecule has 32 heavy (non-hydrogen) atoms. The standard InChI is InChI=1S/C23H27N5O4/c1-15(2)10-12-27-19-20(25-22(27)32-17-9-11-24-13-17)26(3)23(31)28(21(19)30)14-18(29)16-7-5-4-6-8-16/h4-8,10,17,24H,9,11-14H2,1-3H3. The fourth-order valence-corrected chi connectivity index (χ4v) is 3.76. The van der Waals surface area contributed by atoms with Crippen LogP contribution >= 0.6 is 0 Å². The first kappa shape index (κ1) is 21.8. The zero-order valence-electron chi connectivity index (χ0n) is 18.5. The lowest BCUT2D eigenvalue weighted by Crippen LogP contribution is -2.41. The molecule has 2 aromatic heterocycles. The van der Waals surface area contributed by atoms with E-state index in [1.807, 2.05) is 19.9 Å². The fourth-order valence-electron chi connectivity index (χ4n) is 3.76. The van der Waals surface area contributed by atoms with Gasteiger partial charge in [-0.2, -0.15) is 4.98 Å². The Morgan fingerprint density at radius 1 is 1.22 bits per heavy atom. The summed E-state index contributed by atoms with van der Waals surface area (Å²) in [6.07, 6.45) is 2.74. The summed E-state index contributed by atoms with van der Waals surface area (Å²) >= 11 is 0. The summed E-state index contributed by atoms with van der Waals surface area (Å²) in [7, 11) is 1.55. The Balaban J connectivity index is 1.85. The van der Waals surface area contributed by atoms with E-state index in [9.17, 15) is 14.4 Å². The van der Waals surface area contributed by atoms with Crippen LogP contribution in [0.15, 0.2) is 51.6 Å². The molecule has 0 amide bonds. The van der Waals surface area contributed by atoms with Crippen LogP contribution in [0.2, 0.25) is 0 Å². The summed E-state index contributed by atoms with van der Waals surface area (Å²) in [5.41, 5.74) is 0.856. The lowest BCUT2D eigenvalue weighted by molar-refractivity contribution is 0.0969. The average molecular weight is 438 g/mol. The van der Waals surface area contributed by atoms with E-state index in [1.165, 1.54) is 4.57 Å². The second-order valence-corrected chi connectivity index (χ2v) is 8.21. The average Bonchev–Trinajstić information content (AvgIpc) is 3.42. The summed E-state index contributed by atoms with van der Waals surface area (Å²) < 4.78 is 10.1. The monoisotopic (exact) mass is 437 g/mol. The smallest absolute Gasteiger partial charge is 0.332 e. The first-order valence-corrected chi connectivity index (χ1v) is 10.7. The van der Waals surface area contributed by atoms with Crippen LogP contribution in [-0.4, -0.2) is 43.7 Å². The van der Waals surface area contributed by atoms with Gasteiger partial charge in [-0.15, -0.1) is 0 Å². The first-order chi connectivity index (χ1) is 15.4. The molecule has 1 aliphatic heterocycles. The molecular formula is C23H27N5O4. The molecule has 1 aromatic carbocycles. The van der Waals surface area contributed by atoms with Crippen molar-refractivity contribution in [1.29, 1.82) is 0 Å². The number of nitrogens with zero attached hydrogens (tertiary/aromatic N) is 4. The number of imidazole rings is 1. The van der Waals surface area contributed by atoms with Crippen LogP contribution in [0.4, 0.5) is 0 Å². The summed E-state index contributed by atoms with van der Waals surface area (Å²) in [6, 6.07) is 8.91. The van der Waals surface area contributed by atoms with Gasteiger partial charge in [-0.05, 0) is 26.8 Å². The molecule has 0 saturated carbocycles. The van der Waals surface area contributed by atoms with E-state index >= 15 is 0 Å². The molecule has 9 heteroatoms. The molecular weight excluding hydrogens is 410 g/mol. The highest BCUT2D eigenvalue weighted by Crippen LogP contribution is 2.21. The molecule has 3 aromatic rings. The van der Waals surface area contributed by atoms with Crippen LogP contribution in [0.25, 0.3) is 11.2 Å². The minimum atomic E-state index is -0.590. The Morgan fingerprint density at radius 2 is 1.97 bits per heavy atom. The lowest BCUT2D eigenvalue weighted by Gasteiger charge is -2.13. The first-order valence-electron chi connectivity index (χ1n) is 10.7. The van der Waals surface area contributed by atoms with Gasteiger partial charge in [0, 0.05) is 25.7 Å². The fraction of sp³-hybridized carbons (Fsp3) is 0.391. The summed E-state index contributed by atoms with van der Waals surface area (Å²) in [5, 5.41) is 3.24. The predicted molar refractivity (Wildman–Crippen MR) is 121 cm³/mol. The van der Waals surface area contributed by atoms with Gasteiger partial charge in [0.1, 0.15) is 6.10 Å². The molecule has 0 bridgehead atoms. The number of hydrogen-bond acceptors (Lipinski definition) is 6. The van der Waals surface area contributed by atoms with Crippen molar-refractivity contribution < 1.29 is 9.53 Å². The van der Waals surface area contributed by atoms with Gasteiger partial charge in [-0.25, -0.2) is 4.79 Å². The van der Waals surface area contributed by atoms with Crippen LogP contribution in [0, 0.1) is 0 Å². The maximum atomic E-state index is 13.4. The summed E-state index contributed by atoms with van der Waals surface area (Å²) in [4.78, 5) is 43.6. The van der Waals surface area contributed by atoms with E-state index in [4.69, 9.17) is 4.74 Å². The second-order valence-electron chi connectivity index (χ2n) is 8.21. The Morgan fingerprint density at radius 3 is 2.62 bits per heavy atom. The van der Waals surface area contributed by atoms with Crippen molar-refractivity contribution in [3.8, 4) is 6.01 Å². The van der Waals surface area contributed by atoms with Crippen LogP contribution < -0.4 is 21.3 Å². The summed E-state index contributed by atoms with van der Waals surface area (Å²) in [6.45, 7) is 5.50. The van der Waals surface area contributed by atoms with Gasteiger partial charge in [0.25, 0.3) is 11.6 Å². The Bertz CT molecular complexity index is 1290. The van der Waals surface area contributed by atoms with Crippen LogP contribution in [0.3, 0.4) is 0 Å². The van der Waals surface area contributed by atoms with Crippen molar-refractivity contribution in [2.24, 2.45) is 7.05 Å². The third-order valence-corrected chi connectivity index (χ3v) is 5.56. The number of Topliss-reactive ketones (excluding diaryl/α,β-unsaturated/α-hetero) is 1. The maximum Gasteiger partial charge on any atom is 0.332 e. The van der Waals surface area contributed by atoms with E-state index in [0.29, 0.717) is 24.7 Å². The van der Waals surface area contributed by atoms with E-state index in [1.54, 1.807) is 41.9 Å². The number of carbonyl (C=O) groups is 1. The number of carbonyl (C=O) groups excluding carboxylic acids is 1. The van der Waals surface area contributed by atoms with E-state index in [-0.39, 0.29) is 29.6 Å². The highest BCUT2D eigenvalue weighted by molar-refractivity contribution is 5.95. The van der Waals surface area contributed by atoms with Crippen LogP contribution in [-0.2, 0) is 20.1 Å². The molecule has 9 nitrogen and oxygen atoms in total. The zero-order valence-corrected chi connectivity index (χ0v) is 18.5. The molecule has 0 aliphatic carbocycles. The van der Waals surface area contributed by atoms with Crippen molar-refractivity contribution >= 4 is 16.9 Å². The van der Waals surface area contributed by atoms with Crippen molar-refractivity contribution in [3.63, 3.8) is 0 Å². The zero-order chi connectivity index (χ0) is 22.8. The van der Waals surface area contributed by atoms with Crippen molar-refractivity contribution in [3.05, 3.63) is 68.4 Å². The SMILES string of the molecule is CC(C)=CCn1c(OC2CCNC2)nc2c1c(=O)n(CC(=O)c1ccccc1)c(=O)n2C. The lowest BCUT2D eigenvalue weighted by atomic mass is 10.1. The second kappa shape index (κ2) is 8.96. The number of ether oxygens (including phenoxy) is 1. The van der Waals surface area contributed by atoms with E-state index in [0.717, 1.165) is 23.1 Å². The Kier molecular flexibility index (Phi) is 6.09. The number of benzene rings is 1.